The van der Waals surface area contributed by atoms with Gasteiger partial charge < -0.3 is 5.32 Å². The van der Waals surface area contributed by atoms with Gasteiger partial charge in [0.25, 0.3) is 0 Å². The van der Waals surface area contributed by atoms with Gasteiger partial charge in [0.2, 0.25) is 10.0 Å². The normalized spacial score (nSPS) is 14.8. The summed E-state index contributed by atoms with van der Waals surface area (Å²) in [5.74, 6) is 0.622. The molecule has 1 N–H and O–H groups in total. The van der Waals surface area contributed by atoms with Gasteiger partial charge in [-0.05, 0) is 36.0 Å². The molecule has 0 aliphatic carbocycles. The van der Waals surface area contributed by atoms with Crippen molar-refractivity contribution in [1.82, 2.24) is 4.31 Å². The van der Waals surface area contributed by atoms with Crippen LogP contribution in [-0.2, 0) is 16.4 Å². The Labute approximate surface area is 128 Å². The van der Waals surface area contributed by atoms with E-state index in [1.807, 2.05) is 33.8 Å². The van der Waals surface area contributed by atoms with Crippen LogP contribution in [0, 0.1) is 11.8 Å². The minimum atomic E-state index is -3.42. The van der Waals surface area contributed by atoms with Crippen molar-refractivity contribution in [2.45, 2.75) is 39.0 Å². The SMILES string of the molecule is CC(C)CN(CC(C)C)S(=O)(=O)c1ccc2c(c1)NCC2. The molecule has 0 unspecified atom stereocenters. The summed E-state index contributed by atoms with van der Waals surface area (Å²) < 4.78 is 27.4. The predicted octanol–water partition coefficient (Wildman–Crippen LogP) is 2.96. The van der Waals surface area contributed by atoms with Crippen molar-refractivity contribution in [2.75, 3.05) is 25.0 Å². The number of hydrogen-bond donors (Lipinski definition) is 1. The van der Waals surface area contributed by atoms with E-state index in [0.29, 0.717) is 29.8 Å². The summed E-state index contributed by atoms with van der Waals surface area (Å²) in [7, 11) is -3.42. The summed E-state index contributed by atoms with van der Waals surface area (Å²) in [5, 5.41) is 3.25. The molecule has 2 rings (SSSR count). The molecule has 0 spiro atoms. The van der Waals surface area contributed by atoms with Crippen molar-refractivity contribution in [3.8, 4) is 0 Å². The second-order valence-corrected chi connectivity index (χ2v) is 8.54. The van der Waals surface area contributed by atoms with Gasteiger partial charge in [-0.1, -0.05) is 33.8 Å². The first-order valence-electron chi connectivity index (χ1n) is 7.67. The molecule has 0 saturated heterocycles. The minimum Gasteiger partial charge on any atom is -0.384 e. The largest absolute Gasteiger partial charge is 0.384 e. The summed E-state index contributed by atoms with van der Waals surface area (Å²) in [6, 6.07) is 5.46. The second-order valence-electron chi connectivity index (χ2n) is 6.61. The number of anilines is 1. The van der Waals surface area contributed by atoms with E-state index in [1.165, 1.54) is 5.56 Å². The summed E-state index contributed by atoms with van der Waals surface area (Å²) in [6.07, 6.45) is 0.970. The van der Waals surface area contributed by atoms with E-state index < -0.39 is 10.0 Å². The van der Waals surface area contributed by atoms with E-state index in [4.69, 9.17) is 0 Å². The lowest BCUT2D eigenvalue weighted by Gasteiger charge is -2.25. The minimum absolute atomic E-state index is 0.311. The predicted molar refractivity (Wildman–Crippen MR) is 87.1 cm³/mol. The Balaban J connectivity index is 2.33. The van der Waals surface area contributed by atoms with Crippen LogP contribution < -0.4 is 5.32 Å². The molecule has 1 aliphatic rings. The van der Waals surface area contributed by atoms with Crippen LogP contribution in [0.1, 0.15) is 33.3 Å². The molecule has 1 aromatic carbocycles. The third-order valence-corrected chi connectivity index (χ3v) is 5.39. The molecular formula is C16H26N2O2S. The first kappa shape index (κ1) is 16.3. The highest BCUT2D eigenvalue weighted by molar-refractivity contribution is 7.89. The van der Waals surface area contributed by atoms with E-state index in [2.05, 4.69) is 5.32 Å². The zero-order valence-electron chi connectivity index (χ0n) is 13.4. The Morgan fingerprint density at radius 1 is 1.14 bits per heavy atom. The molecule has 1 aromatic rings. The highest BCUT2D eigenvalue weighted by Crippen LogP contribution is 2.27. The van der Waals surface area contributed by atoms with Crippen molar-refractivity contribution in [2.24, 2.45) is 11.8 Å². The maximum absolute atomic E-state index is 12.9. The van der Waals surface area contributed by atoms with Crippen LogP contribution in [-0.4, -0.2) is 32.4 Å². The average Bonchev–Trinajstić information content (AvgIpc) is 2.83. The monoisotopic (exact) mass is 310 g/mol. The van der Waals surface area contributed by atoms with Gasteiger partial charge in [0, 0.05) is 25.3 Å². The molecule has 118 valence electrons. The smallest absolute Gasteiger partial charge is 0.243 e. The Hall–Kier alpha value is -1.07. The molecule has 0 amide bonds. The maximum Gasteiger partial charge on any atom is 0.243 e. The number of fused-ring (bicyclic) bond motifs is 1. The first-order chi connectivity index (χ1) is 9.80. The lowest BCUT2D eigenvalue weighted by Crippen LogP contribution is -2.37. The topological polar surface area (TPSA) is 49.4 Å². The van der Waals surface area contributed by atoms with Gasteiger partial charge >= 0.3 is 0 Å². The fourth-order valence-corrected chi connectivity index (χ4v) is 4.46. The molecule has 4 nitrogen and oxygen atoms in total. The number of nitrogens with zero attached hydrogens (tertiary/aromatic N) is 1. The standard InChI is InChI=1S/C16H26N2O2S/c1-12(2)10-18(11-13(3)4)21(19,20)15-6-5-14-7-8-17-16(14)9-15/h5-6,9,12-13,17H,7-8,10-11H2,1-4H3. The molecular weight excluding hydrogens is 284 g/mol. The van der Waals surface area contributed by atoms with E-state index >= 15 is 0 Å². The van der Waals surface area contributed by atoms with Gasteiger partial charge in [-0.25, -0.2) is 8.42 Å². The number of benzene rings is 1. The van der Waals surface area contributed by atoms with E-state index in [9.17, 15) is 8.42 Å². The van der Waals surface area contributed by atoms with E-state index in [-0.39, 0.29) is 0 Å². The van der Waals surface area contributed by atoms with Gasteiger partial charge in [0.1, 0.15) is 0 Å². The highest BCUT2D eigenvalue weighted by Gasteiger charge is 2.27. The molecule has 21 heavy (non-hydrogen) atoms. The summed E-state index contributed by atoms with van der Waals surface area (Å²) in [5.41, 5.74) is 2.17. The molecule has 1 heterocycles. The third-order valence-electron chi connectivity index (χ3n) is 3.57. The third kappa shape index (κ3) is 3.77. The van der Waals surface area contributed by atoms with Gasteiger partial charge in [-0.15, -0.1) is 0 Å². The number of rotatable bonds is 6. The Kier molecular flexibility index (Phi) is 4.94. The molecule has 0 saturated carbocycles. The van der Waals surface area contributed by atoms with E-state index in [1.54, 1.807) is 16.4 Å². The Morgan fingerprint density at radius 2 is 1.76 bits per heavy atom. The summed E-state index contributed by atoms with van der Waals surface area (Å²) in [6.45, 7) is 10.2. The number of nitrogens with one attached hydrogen (secondary N) is 1. The van der Waals surface area contributed by atoms with Crippen LogP contribution in [0.3, 0.4) is 0 Å². The van der Waals surface area contributed by atoms with Crippen molar-refractivity contribution in [3.63, 3.8) is 0 Å². The second kappa shape index (κ2) is 6.36. The summed E-state index contributed by atoms with van der Waals surface area (Å²) in [4.78, 5) is 0.400. The lowest BCUT2D eigenvalue weighted by molar-refractivity contribution is 0.333. The van der Waals surface area contributed by atoms with E-state index in [0.717, 1.165) is 18.7 Å². The molecule has 0 aromatic heterocycles. The van der Waals surface area contributed by atoms with Crippen molar-refractivity contribution < 1.29 is 8.42 Å². The van der Waals surface area contributed by atoms with Gasteiger partial charge in [0.15, 0.2) is 0 Å². The first-order valence-corrected chi connectivity index (χ1v) is 9.11. The van der Waals surface area contributed by atoms with Crippen LogP contribution in [0.5, 0.6) is 0 Å². The molecule has 0 atom stereocenters. The molecule has 1 aliphatic heterocycles. The van der Waals surface area contributed by atoms with Gasteiger partial charge in [-0.2, -0.15) is 4.31 Å². The van der Waals surface area contributed by atoms with Crippen LogP contribution in [0.15, 0.2) is 23.1 Å². The van der Waals surface area contributed by atoms with Crippen LogP contribution >= 0.6 is 0 Å². The van der Waals surface area contributed by atoms with Crippen LogP contribution in [0.25, 0.3) is 0 Å². The zero-order chi connectivity index (χ0) is 15.6. The number of hydrogen-bond acceptors (Lipinski definition) is 3. The highest BCUT2D eigenvalue weighted by atomic mass is 32.2. The fraction of sp³-hybridized carbons (Fsp3) is 0.625. The quantitative estimate of drug-likeness (QED) is 0.879. The van der Waals surface area contributed by atoms with Crippen LogP contribution in [0.2, 0.25) is 0 Å². The molecule has 0 fully saturated rings. The van der Waals surface area contributed by atoms with Crippen molar-refractivity contribution >= 4 is 15.7 Å². The molecule has 0 radical (unpaired) electrons. The Morgan fingerprint density at radius 3 is 2.33 bits per heavy atom. The zero-order valence-corrected chi connectivity index (χ0v) is 14.2. The summed E-state index contributed by atoms with van der Waals surface area (Å²) >= 11 is 0. The van der Waals surface area contributed by atoms with Gasteiger partial charge in [-0.3, -0.25) is 0 Å². The molecule has 5 heteroatoms. The Bertz CT molecular complexity index is 584. The number of sulfonamides is 1. The fourth-order valence-electron chi connectivity index (χ4n) is 2.66. The molecule has 0 bridgehead atoms. The van der Waals surface area contributed by atoms with Crippen LogP contribution in [0.4, 0.5) is 5.69 Å². The van der Waals surface area contributed by atoms with Gasteiger partial charge in [0.05, 0.1) is 4.90 Å². The van der Waals surface area contributed by atoms with Crippen molar-refractivity contribution in [1.29, 1.82) is 0 Å². The lowest BCUT2D eigenvalue weighted by atomic mass is 10.2. The van der Waals surface area contributed by atoms with Crippen molar-refractivity contribution in [3.05, 3.63) is 23.8 Å². The maximum atomic E-state index is 12.9. The average molecular weight is 310 g/mol.